The van der Waals surface area contributed by atoms with Gasteiger partial charge in [0.2, 0.25) is 0 Å². The Morgan fingerprint density at radius 2 is 1.80 bits per heavy atom. The fraction of sp³-hybridized carbons (Fsp3) is 0.857. The number of hydrogen-bond donors (Lipinski definition) is 1. The highest BCUT2D eigenvalue weighted by molar-refractivity contribution is 5.76. The second-order valence-electron chi connectivity index (χ2n) is 5.83. The Kier molecular flexibility index (Phi) is 5.80. The molecule has 1 fully saturated rings. The third-order valence-electron chi connectivity index (χ3n) is 4.20. The van der Waals surface area contributed by atoms with Crippen LogP contribution >= 0.6 is 0 Å². The van der Waals surface area contributed by atoms with E-state index in [9.17, 15) is 9.59 Å². The first-order chi connectivity index (χ1) is 9.27. The van der Waals surface area contributed by atoms with E-state index in [1.807, 2.05) is 11.8 Å². The van der Waals surface area contributed by atoms with Gasteiger partial charge >= 0.3 is 12.0 Å². The van der Waals surface area contributed by atoms with E-state index < -0.39 is 11.9 Å². The number of aliphatic carboxylic acids is 1. The topological polar surface area (TPSA) is 64.1 Å². The molecule has 1 heterocycles. The minimum absolute atomic E-state index is 0.0487. The number of hydrogen-bond acceptors (Lipinski definition) is 3. The lowest BCUT2D eigenvalue weighted by Gasteiger charge is -2.43. The highest BCUT2D eigenvalue weighted by atomic mass is 16.4. The van der Waals surface area contributed by atoms with Gasteiger partial charge in [-0.1, -0.05) is 6.92 Å². The molecule has 0 spiro atoms. The van der Waals surface area contributed by atoms with Crippen molar-refractivity contribution >= 4 is 12.0 Å². The second-order valence-corrected chi connectivity index (χ2v) is 5.83. The van der Waals surface area contributed by atoms with Crippen LogP contribution in [-0.2, 0) is 4.79 Å². The SMILES string of the molecule is CCN(CC(C)C(=O)O)C(=O)N1CC(C)N(C)C(C)C1. The fourth-order valence-electron chi connectivity index (χ4n) is 2.51. The summed E-state index contributed by atoms with van der Waals surface area (Å²) in [5.74, 6) is -1.41. The molecule has 3 atom stereocenters. The Morgan fingerprint density at radius 1 is 1.30 bits per heavy atom. The molecule has 3 unspecified atom stereocenters. The molecule has 20 heavy (non-hydrogen) atoms. The first-order valence-corrected chi connectivity index (χ1v) is 7.26. The predicted molar refractivity (Wildman–Crippen MR) is 77.7 cm³/mol. The maximum atomic E-state index is 12.5. The monoisotopic (exact) mass is 285 g/mol. The highest BCUT2D eigenvalue weighted by Crippen LogP contribution is 2.15. The van der Waals surface area contributed by atoms with Crippen molar-refractivity contribution in [1.82, 2.24) is 14.7 Å². The molecular formula is C14H27N3O3. The van der Waals surface area contributed by atoms with Gasteiger partial charge in [-0.15, -0.1) is 0 Å². The summed E-state index contributed by atoms with van der Waals surface area (Å²) in [7, 11) is 2.07. The normalized spacial score (nSPS) is 25.4. The lowest BCUT2D eigenvalue weighted by Crippen LogP contribution is -2.59. The Bertz CT molecular complexity index is 350. The summed E-state index contributed by atoms with van der Waals surface area (Å²) >= 11 is 0. The molecule has 0 aromatic carbocycles. The number of nitrogens with zero attached hydrogens (tertiary/aromatic N) is 3. The number of carbonyl (C=O) groups is 2. The molecule has 2 amide bonds. The van der Waals surface area contributed by atoms with Crippen molar-refractivity contribution in [2.24, 2.45) is 5.92 Å². The van der Waals surface area contributed by atoms with Gasteiger partial charge in [0.15, 0.2) is 0 Å². The maximum Gasteiger partial charge on any atom is 0.320 e. The quantitative estimate of drug-likeness (QED) is 0.842. The Morgan fingerprint density at radius 3 is 2.20 bits per heavy atom. The van der Waals surface area contributed by atoms with Crippen molar-refractivity contribution in [2.75, 3.05) is 33.2 Å². The summed E-state index contributed by atoms with van der Waals surface area (Å²) in [4.78, 5) is 29.2. The molecule has 0 aromatic rings. The first kappa shape index (κ1) is 16.8. The van der Waals surface area contributed by atoms with Crippen LogP contribution in [0.1, 0.15) is 27.7 Å². The zero-order chi connectivity index (χ0) is 15.4. The number of urea groups is 1. The molecule has 116 valence electrons. The highest BCUT2D eigenvalue weighted by Gasteiger charge is 2.32. The lowest BCUT2D eigenvalue weighted by molar-refractivity contribution is -0.141. The van der Waals surface area contributed by atoms with Crippen LogP contribution in [0.15, 0.2) is 0 Å². The minimum atomic E-state index is -0.864. The summed E-state index contributed by atoms with van der Waals surface area (Å²) in [5.41, 5.74) is 0. The summed E-state index contributed by atoms with van der Waals surface area (Å²) in [6.45, 7) is 9.90. The minimum Gasteiger partial charge on any atom is -0.481 e. The van der Waals surface area contributed by atoms with E-state index >= 15 is 0 Å². The smallest absolute Gasteiger partial charge is 0.320 e. The van der Waals surface area contributed by atoms with Crippen LogP contribution in [0, 0.1) is 5.92 Å². The Balaban J connectivity index is 2.69. The largest absolute Gasteiger partial charge is 0.481 e. The van der Waals surface area contributed by atoms with Crippen LogP contribution in [0.3, 0.4) is 0 Å². The van der Waals surface area contributed by atoms with Gasteiger partial charge < -0.3 is 14.9 Å². The fourth-order valence-corrected chi connectivity index (χ4v) is 2.51. The zero-order valence-electron chi connectivity index (χ0n) is 13.2. The molecule has 0 saturated carbocycles. The van der Waals surface area contributed by atoms with Crippen molar-refractivity contribution in [3.63, 3.8) is 0 Å². The molecule has 0 aromatic heterocycles. The number of likely N-dealkylation sites (N-methyl/N-ethyl adjacent to an activating group) is 1. The van der Waals surface area contributed by atoms with Gasteiger partial charge in [0, 0.05) is 38.3 Å². The van der Waals surface area contributed by atoms with Crippen LogP contribution in [-0.4, -0.2) is 77.1 Å². The van der Waals surface area contributed by atoms with Crippen molar-refractivity contribution in [3.05, 3.63) is 0 Å². The van der Waals surface area contributed by atoms with Gasteiger partial charge in [-0.25, -0.2) is 4.79 Å². The van der Waals surface area contributed by atoms with Gasteiger partial charge in [0.25, 0.3) is 0 Å². The molecule has 0 radical (unpaired) electrons. The number of carboxylic acid groups (broad SMARTS) is 1. The van der Waals surface area contributed by atoms with Crippen LogP contribution in [0.25, 0.3) is 0 Å². The lowest BCUT2D eigenvalue weighted by atomic mass is 10.1. The molecule has 6 heteroatoms. The summed E-state index contributed by atoms with van der Waals surface area (Å²) in [6, 6.07) is 0.587. The van der Waals surface area contributed by atoms with Crippen LogP contribution in [0.4, 0.5) is 4.79 Å². The number of amides is 2. The standard InChI is InChI=1S/C14H27N3O3/c1-6-16(7-10(2)13(18)19)14(20)17-8-11(3)15(5)12(4)9-17/h10-12H,6-9H2,1-5H3,(H,18,19). The van der Waals surface area contributed by atoms with Gasteiger partial charge in [0.1, 0.15) is 0 Å². The molecule has 1 saturated heterocycles. The Hall–Kier alpha value is -1.30. The van der Waals surface area contributed by atoms with Gasteiger partial charge in [-0.05, 0) is 27.8 Å². The van der Waals surface area contributed by atoms with E-state index in [0.29, 0.717) is 31.7 Å². The van der Waals surface area contributed by atoms with Crippen LogP contribution in [0.5, 0.6) is 0 Å². The van der Waals surface area contributed by atoms with Gasteiger partial charge in [0.05, 0.1) is 5.92 Å². The van der Waals surface area contributed by atoms with E-state index in [1.165, 1.54) is 0 Å². The van der Waals surface area contributed by atoms with Crippen molar-refractivity contribution in [2.45, 2.75) is 39.8 Å². The van der Waals surface area contributed by atoms with Crippen molar-refractivity contribution in [3.8, 4) is 0 Å². The molecular weight excluding hydrogens is 258 g/mol. The van der Waals surface area contributed by atoms with Gasteiger partial charge in [-0.2, -0.15) is 0 Å². The van der Waals surface area contributed by atoms with E-state index in [1.54, 1.807) is 11.8 Å². The van der Waals surface area contributed by atoms with E-state index in [-0.39, 0.29) is 12.6 Å². The van der Waals surface area contributed by atoms with Gasteiger partial charge in [-0.3, -0.25) is 9.69 Å². The first-order valence-electron chi connectivity index (χ1n) is 7.26. The third kappa shape index (κ3) is 3.85. The molecule has 1 aliphatic heterocycles. The molecule has 0 aliphatic carbocycles. The van der Waals surface area contributed by atoms with Crippen molar-refractivity contribution in [1.29, 1.82) is 0 Å². The summed E-state index contributed by atoms with van der Waals surface area (Å²) in [5, 5.41) is 8.98. The molecule has 1 N–H and O–H groups in total. The molecule has 0 bridgehead atoms. The van der Waals surface area contributed by atoms with Crippen LogP contribution < -0.4 is 0 Å². The summed E-state index contributed by atoms with van der Waals surface area (Å²) in [6.07, 6.45) is 0. The van der Waals surface area contributed by atoms with E-state index in [4.69, 9.17) is 5.11 Å². The number of rotatable bonds is 4. The average molecular weight is 285 g/mol. The zero-order valence-corrected chi connectivity index (χ0v) is 13.2. The van der Waals surface area contributed by atoms with E-state index in [0.717, 1.165) is 0 Å². The molecule has 1 rings (SSSR count). The van der Waals surface area contributed by atoms with Crippen molar-refractivity contribution < 1.29 is 14.7 Å². The van der Waals surface area contributed by atoms with Crippen LogP contribution in [0.2, 0.25) is 0 Å². The Labute approximate surface area is 121 Å². The third-order valence-corrected chi connectivity index (χ3v) is 4.20. The average Bonchev–Trinajstić information content (AvgIpc) is 2.40. The maximum absolute atomic E-state index is 12.5. The number of carbonyl (C=O) groups excluding carboxylic acids is 1. The number of carboxylic acids is 1. The second kappa shape index (κ2) is 6.92. The molecule has 6 nitrogen and oxygen atoms in total. The van der Waals surface area contributed by atoms with E-state index in [2.05, 4.69) is 25.8 Å². The molecule has 1 aliphatic rings. The predicted octanol–water partition coefficient (Wildman–Crippen LogP) is 1.17. The number of piperazine rings is 1. The summed E-state index contributed by atoms with van der Waals surface area (Å²) < 4.78 is 0.